The number of carbonyl (C=O) groups is 1. The lowest BCUT2D eigenvalue weighted by atomic mass is 10.0. The molecule has 2 aromatic carbocycles. The van der Waals surface area contributed by atoms with E-state index in [2.05, 4.69) is 36.5 Å². The zero-order valence-electron chi connectivity index (χ0n) is 22.9. The lowest BCUT2D eigenvalue weighted by molar-refractivity contribution is -0.333. The van der Waals surface area contributed by atoms with Gasteiger partial charge in [0, 0.05) is 50.2 Å². The number of amides is 1. The average Bonchev–Trinajstić information content (AvgIpc) is 3.48. The number of nitrogens with zero attached hydrogens (tertiary/aromatic N) is 3. The number of halogens is 1. The van der Waals surface area contributed by atoms with Crippen LogP contribution >= 0.6 is 0 Å². The minimum Gasteiger partial charge on any atom is -0.493 e. The number of hydrogen-bond acceptors (Lipinski definition) is 8. The van der Waals surface area contributed by atoms with Gasteiger partial charge in [-0.2, -0.15) is 0 Å². The molecule has 6 N–H and O–H groups in total. The lowest BCUT2D eigenvalue weighted by Crippen LogP contribution is -2.49. The molecule has 0 spiro atoms. The largest absolute Gasteiger partial charge is 0.493 e. The van der Waals surface area contributed by atoms with Crippen LogP contribution in [0.5, 0.6) is 5.75 Å². The Morgan fingerprint density at radius 3 is 2.63 bits per heavy atom. The van der Waals surface area contributed by atoms with Crippen molar-refractivity contribution in [1.29, 1.82) is 0 Å². The first-order chi connectivity index (χ1) is 20.0. The molecule has 0 unspecified atom stereocenters. The highest BCUT2D eigenvalue weighted by Gasteiger charge is 2.26. The van der Waals surface area contributed by atoms with Crippen LogP contribution in [0.25, 0.3) is 11.0 Å². The fourth-order valence-electron chi connectivity index (χ4n) is 5.64. The van der Waals surface area contributed by atoms with Crippen LogP contribution in [0.4, 0.5) is 33.2 Å². The standard InChI is InChI=1S/C29H33FN8O3/c1-40-25-17-20(37-10-7-19(8-11-37)38-12-14-41-15-13-38)3-5-24(25)34-29-35-27-21(6-9-32-27)28(36-29)33-23-4-2-18(30)16-22(23)26(31)39/h2-6,9,16-17,19H,7-8,10-15H2,1H3,(H2,31,39)(H3,32,33,34,35,36)/p+1. The van der Waals surface area contributed by atoms with Crippen LogP contribution in [0.3, 0.4) is 0 Å². The molecule has 6 rings (SSSR count). The molecule has 0 saturated carbocycles. The monoisotopic (exact) mass is 561 g/mol. The van der Waals surface area contributed by atoms with Gasteiger partial charge in [0.05, 0.1) is 37.0 Å². The van der Waals surface area contributed by atoms with Crippen molar-refractivity contribution in [1.82, 2.24) is 14.9 Å². The smallest absolute Gasteiger partial charge is 0.351 e. The van der Waals surface area contributed by atoms with Gasteiger partial charge in [0.1, 0.15) is 11.5 Å². The predicted octanol–water partition coefficient (Wildman–Crippen LogP) is 3.41. The first-order valence-electron chi connectivity index (χ1n) is 13.8. The predicted molar refractivity (Wildman–Crippen MR) is 155 cm³/mol. The maximum absolute atomic E-state index is 13.8. The van der Waals surface area contributed by atoms with Gasteiger partial charge < -0.3 is 25.4 Å². The van der Waals surface area contributed by atoms with E-state index < -0.39 is 11.7 Å². The second kappa shape index (κ2) is 11.6. The van der Waals surface area contributed by atoms with Gasteiger partial charge in [-0.05, 0) is 49.2 Å². The molecule has 11 nitrogen and oxygen atoms in total. The fourth-order valence-corrected chi connectivity index (χ4v) is 5.64. The van der Waals surface area contributed by atoms with Crippen LogP contribution in [0, 0.1) is 5.82 Å². The molecule has 1 amide bonds. The van der Waals surface area contributed by atoms with Crippen molar-refractivity contribution in [2.45, 2.75) is 18.9 Å². The molecule has 12 heteroatoms. The molecule has 214 valence electrons. The molecule has 0 atom stereocenters. The van der Waals surface area contributed by atoms with E-state index in [0.29, 0.717) is 34.9 Å². The molecule has 2 fully saturated rings. The number of benzene rings is 2. The molecule has 4 aromatic rings. The fraction of sp³-hybridized carbons (Fsp3) is 0.345. The Morgan fingerprint density at radius 1 is 1.10 bits per heavy atom. The van der Waals surface area contributed by atoms with Crippen molar-refractivity contribution < 1.29 is 23.6 Å². The van der Waals surface area contributed by atoms with Gasteiger partial charge in [-0.25, -0.2) is 9.37 Å². The molecule has 0 radical (unpaired) electrons. The summed E-state index contributed by atoms with van der Waals surface area (Å²) in [5.74, 6) is 0.278. The Bertz CT molecular complexity index is 1550. The SMILES string of the molecule is COc1cc(N2CCC(N3CCOCC3)CC2)ccc1Nc1nc(Nc2ccc(F)cc2C(N)=O)c2cc[nH]c2[nH+]1. The quantitative estimate of drug-likeness (QED) is 0.257. The van der Waals surface area contributed by atoms with Crippen LogP contribution in [-0.2, 0) is 4.74 Å². The number of rotatable bonds is 8. The molecule has 41 heavy (non-hydrogen) atoms. The number of aromatic nitrogens is 3. The highest BCUT2D eigenvalue weighted by atomic mass is 19.1. The average molecular weight is 562 g/mol. The highest BCUT2D eigenvalue weighted by Crippen LogP contribution is 2.34. The maximum atomic E-state index is 13.8. The first-order valence-corrected chi connectivity index (χ1v) is 13.8. The number of ether oxygens (including phenoxy) is 2. The van der Waals surface area contributed by atoms with Gasteiger partial charge in [-0.3, -0.25) is 20.0 Å². The third kappa shape index (κ3) is 5.74. The van der Waals surface area contributed by atoms with Crippen molar-refractivity contribution in [2.75, 3.05) is 62.0 Å². The second-order valence-corrected chi connectivity index (χ2v) is 10.3. The summed E-state index contributed by atoms with van der Waals surface area (Å²) >= 11 is 0. The number of primary amides is 1. The molecular formula is C29H34FN8O3+. The Balaban J connectivity index is 1.21. The van der Waals surface area contributed by atoms with Gasteiger partial charge in [-0.1, -0.05) is 4.98 Å². The van der Waals surface area contributed by atoms with E-state index >= 15 is 0 Å². The second-order valence-electron chi connectivity index (χ2n) is 10.3. The summed E-state index contributed by atoms with van der Waals surface area (Å²) in [5.41, 5.74) is 8.42. The van der Waals surface area contributed by atoms with Crippen molar-refractivity contribution in [3.63, 3.8) is 0 Å². The van der Waals surface area contributed by atoms with E-state index in [9.17, 15) is 9.18 Å². The highest BCUT2D eigenvalue weighted by molar-refractivity contribution is 6.00. The van der Waals surface area contributed by atoms with E-state index in [1.807, 2.05) is 18.2 Å². The molecule has 0 aliphatic carbocycles. The van der Waals surface area contributed by atoms with Crippen LogP contribution in [0.2, 0.25) is 0 Å². The van der Waals surface area contributed by atoms with E-state index in [4.69, 9.17) is 20.2 Å². The lowest BCUT2D eigenvalue weighted by Gasteiger charge is -2.40. The van der Waals surface area contributed by atoms with Gasteiger partial charge in [0.25, 0.3) is 5.91 Å². The number of methoxy groups -OCH3 is 1. The zero-order chi connectivity index (χ0) is 28.3. The first kappa shape index (κ1) is 26.8. The molecule has 4 heterocycles. The summed E-state index contributed by atoms with van der Waals surface area (Å²) in [6, 6.07) is 12.4. The minimum absolute atomic E-state index is 0.0315. The molecular weight excluding hydrogens is 527 g/mol. The molecule has 2 aromatic heterocycles. The van der Waals surface area contributed by atoms with Crippen molar-refractivity contribution in [2.24, 2.45) is 5.73 Å². The molecule has 2 aliphatic heterocycles. The van der Waals surface area contributed by atoms with Crippen molar-refractivity contribution in [3.8, 4) is 5.75 Å². The Labute approximate surface area is 236 Å². The van der Waals surface area contributed by atoms with Crippen LogP contribution in [-0.4, -0.2) is 73.3 Å². The van der Waals surface area contributed by atoms with E-state index in [-0.39, 0.29) is 5.56 Å². The van der Waals surface area contributed by atoms with E-state index in [1.54, 1.807) is 13.3 Å². The Morgan fingerprint density at radius 2 is 1.88 bits per heavy atom. The molecule has 2 saturated heterocycles. The van der Waals surface area contributed by atoms with Gasteiger partial charge in [0.2, 0.25) is 11.5 Å². The number of morpholine rings is 1. The number of carbonyl (C=O) groups excluding carboxylic acids is 1. The van der Waals surface area contributed by atoms with Crippen LogP contribution in [0.1, 0.15) is 23.2 Å². The summed E-state index contributed by atoms with van der Waals surface area (Å²) in [6.45, 7) is 5.67. The minimum atomic E-state index is -0.742. The van der Waals surface area contributed by atoms with Crippen molar-refractivity contribution >= 4 is 45.8 Å². The van der Waals surface area contributed by atoms with E-state index in [0.717, 1.165) is 75.1 Å². The van der Waals surface area contributed by atoms with Gasteiger partial charge >= 0.3 is 5.95 Å². The Kier molecular flexibility index (Phi) is 7.57. The number of piperidine rings is 1. The number of aromatic amines is 2. The van der Waals surface area contributed by atoms with Gasteiger partial charge in [-0.15, -0.1) is 0 Å². The topological polar surface area (TPSA) is 135 Å². The number of hydrogen-bond donors (Lipinski definition) is 4. The number of fused-ring (bicyclic) bond motifs is 1. The van der Waals surface area contributed by atoms with E-state index in [1.165, 1.54) is 12.1 Å². The number of H-pyrrole nitrogens is 2. The van der Waals surface area contributed by atoms with Crippen LogP contribution in [0.15, 0.2) is 48.7 Å². The number of nitrogens with one attached hydrogen (secondary N) is 4. The third-order valence-corrected chi connectivity index (χ3v) is 7.80. The Hall–Kier alpha value is -4.42. The van der Waals surface area contributed by atoms with Crippen molar-refractivity contribution in [3.05, 3.63) is 60.0 Å². The summed E-state index contributed by atoms with van der Waals surface area (Å²) in [7, 11) is 1.65. The number of anilines is 5. The maximum Gasteiger partial charge on any atom is 0.351 e. The zero-order valence-corrected chi connectivity index (χ0v) is 22.9. The van der Waals surface area contributed by atoms with Crippen LogP contribution < -0.4 is 31.0 Å². The summed E-state index contributed by atoms with van der Waals surface area (Å²) in [6.07, 6.45) is 4.02. The summed E-state index contributed by atoms with van der Waals surface area (Å²) in [5, 5.41) is 7.20. The number of nitrogens with two attached hydrogens (primary N) is 1. The molecule has 2 aliphatic rings. The molecule has 0 bridgehead atoms. The van der Waals surface area contributed by atoms with Gasteiger partial charge in [0.15, 0.2) is 5.75 Å². The normalized spacial score (nSPS) is 16.6. The summed E-state index contributed by atoms with van der Waals surface area (Å²) < 4.78 is 25.0. The summed E-state index contributed by atoms with van der Waals surface area (Å²) in [4.78, 5) is 28.0. The third-order valence-electron chi connectivity index (χ3n) is 7.80.